The van der Waals surface area contributed by atoms with Gasteiger partial charge in [0, 0.05) is 11.3 Å². The van der Waals surface area contributed by atoms with Gasteiger partial charge in [0.25, 0.3) is 0 Å². The van der Waals surface area contributed by atoms with Gasteiger partial charge >= 0.3 is 0 Å². The van der Waals surface area contributed by atoms with E-state index in [0.717, 1.165) is 0 Å². The van der Waals surface area contributed by atoms with Crippen LogP contribution in [0.2, 0.25) is 0 Å². The second kappa shape index (κ2) is 5.50. The van der Waals surface area contributed by atoms with E-state index in [-0.39, 0.29) is 5.78 Å². The number of carbonyl (C=O) groups is 1. The highest BCUT2D eigenvalue weighted by Gasteiger charge is 2.38. The monoisotopic (exact) mass is 250 g/mol. The van der Waals surface area contributed by atoms with Crippen molar-refractivity contribution in [3.63, 3.8) is 0 Å². The Morgan fingerprint density at radius 3 is 2.28 bits per heavy atom. The highest BCUT2D eigenvalue weighted by atomic mass is 16.3. The molecule has 0 aromatic heterocycles. The molecule has 100 valence electrons. The summed E-state index contributed by atoms with van der Waals surface area (Å²) in [5.74, 6) is -0.521. The van der Waals surface area contributed by atoms with E-state index in [1.807, 2.05) is 6.92 Å². The normalized spacial score (nSPS) is 16.3. The first-order chi connectivity index (χ1) is 8.30. The van der Waals surface area contributed by atoms with Crippen LogP contribution in [0.4, 0.5) is 5.69 Å². The van der Waals surface area contributed by atoms with E-state index in [2.05, 4.69) is 0 Å². The van der Waals surface area contributed by atoms with E-state index in [0.29, 0.717) is 17.7 Å². The maximum atomic E-state index is 12.4. The lowest BCUT2D eigenvalue weighted by Gasteiger charge is -2.37. The van der Waals surface area contributed by atoms with Crippen molar-refractivity contribution in [2.24, 2.45) is 5.92 Å². The minimum Gasteiger partial charge on any atom is -0.399 e. The lowest BCUT2D eigenvalue weighted by molar-refractivity contribution is -0.101. The molecule has 1 aromatic carbocycles. The van der Waals surface area contributed by atoms with Gasteiger partial charge in [0.15, 0.2) is 5.78 Å². The number of hydrogen-bond donors (Lipinski definition) is 2. The first-order valence-electron chi connectivity index (χ1n) is 6.10. The average Bonchev–Trinajstić information content (AvgIpc) is 2.30. The summed E-state index contributed by atoms with van der Waals surface area (Å²) < 4.78 is 0. The zero-order valence-corrected chi connectivity index (χ0v) is 11.5. The predicted octanol–water partition coefficient (Wildman–Crippen LogP) is 1.75. The van der Waals surface area contributed by atoms with Gasteiger partial charge in [-0.1, -0.05) is 6.92 Å². The summed E-state index contributed by atoms with van der Waals surface area (Å²) in [6, 6.07) is 6.80. The van der Waals surface area contributed by atoms with Crippen molar-refractivity contribution in [2.45, 2.75) is 26.0 Å². The van der Waals surface area contributed by atoms with Crippen LogP contribution in [-0.2, 0) is 0 Å². The molecule has 0 aliphatic heterocycles. The number of rotatable bonds is 5. The summed E-state index contributed by atoms with van der Waals surface area (Å²) in [4.78, 5) is 14.1. The zero-order chi connectivity index (χ0) is 13.9. The van der Waals surface area contributed by atoms with Crippen molar-refractivity contribution in [3.8, 4) is 0 Å². The molecule has 0 heterocycles. The Hall–Kier alpha value is -1.39. The fraction of sp³-hybridized carbons (Fsp3) is 0.500. The van der Waals surface area contributed by atoms with Crippen molar-refractivity contribution in [1.29, 1.82) is 0 Å². The Kier molecular flexibility index (Phi) is 4.48. The van der Waals surface area contributed by atoms with Gasteiger partial charge in [-0.05, 0) is 51.7 Å². The smallest absolute Gasteiger partial charge is 0.170 e. The van der Waals surface area contributed by atoms with Gasteiger partial charge in [0.05, 0.1) is 5.92 Å². The Labute approximate surface area is 108 Å². The first kappa shape index (κ1) is 14.7. The molecule has 1 rings (SSSR count). The molecule has 0 spiro atoms. The molecular weight excluding hydrogens is 228 g/mol. The second-order valence-corrected chi connectivity index (χ2v) is 4.94. The fourth-order valence-electron chi connectivity index (χ4n) is 1.98. The average molecular weight is 250 g/mol. The molecular formula is C14H22N2O2. The minimum atomic E-state index is -1.16. The third-order valence-corrected chi connectivity index (χ3v) is 3.49. The van der Waals surface area contributed by atoms with Crippen LogP contribution in [0.3, 0.4) is 0 Å². The lowest BCUT2D eigenvalue weighted by atomic mass is 9.86. The van der Waals surface area contributed by atoms with Gasteiger partial charge in [-0.3, -0.25) is 9.69 Å². The summed E-state index contributed by atoms with van der Waals surface area (Å²) in [7, 11) is 3.53. The number of Topliss-reactive ketones (excluding diaryl/α,β-unsaturated/α-hetero) is 1. The summed E-state index contributed by atoms with van der Waals surface area (Å²) in [5.41, 5.74) is 5.65. The van der Waals surface area contributed by atoms with Gasteiger partial charge < -0.3 is 10.8 Å². The number of carbonyl (C=O) groups excluding carboxylic acids is 1. The van der Waals surface area contributed by atoms with E-state index >= 15 is 0 Å². The molecule has 0 fully saturated rings. The first-order valence-corrected chi connectivity index (χ1v) is 6.10. The predicted molar refractivity (Wildman–Crippen MR) is 73.3 cm³/mol. The van der Waals surface area contributed by atoms with Crippen LogP contribution in [0.1, 0.15) is 30.6 Å². The van der Waals surface area contributed by atoms with E-state index in [4.69, 9.17) is 5.73 Å². The maximum Gasteiger partial charge on any atom is 0.170 e. The number of ketones is 1. The molecule has 0 aliphatic carbocycles. The number of nitrogen functional groups attached to an aromatic ring is 1. The van der Waals surface area contributed by atoms with Crippen molar-refractivity contribution < 1.29 is 9.90 Å². The van der Waals surface area contributed by atoms with Crippen molar-refractivity contribution in [2.75, 3.05) is 19.8 Å². The molecule has 2 atom stereocenters. The topological polar surface area (TPSA) is 66.6 Å². The minimum absolute atomic E-state index is 0.0591. The lowest BCUT2D eigenvalue weighted by Crippen LogP contribution is -2.50. The molecule has 18 heavy (non-hydrogen) atoms. The van der Waals surface area contributed by atoms with E-state index < -0.39 is 11.6 Å². The zero-order valence-electron chi connectivity index (χ0n) is 11.5. The Bertz CT molecular complexity index is 410. The van der Waals surface area contributed by atoms with Crippen LogP contribution in [0.25, 0.3) is 0 Å². The summed E-state index contributed by atoms with van der Waals surface area (Å²) in [6.07, 6.45) is 0.578. The van der Waals surface area contributed by atoms with E-state index in [9.17, 15) is 9.90 Å². The van der Waals surface area contributed by atoms with E-state index in [1.165, 1.54) is 0 Å². The molecule has 0 radical (unpaired) electrons. The van der Waals surface area contributed by atoms with Crippen LogP contribution in [-0.4, -0.2) is 35.6 Å². The summed E-state index contributed by atoms with van der Waals surface area (Å²) in [5, 5.41) is 10.4. The number of hydrogen-bond acceptors (Lipinski definition) is 4. The standard InChI is InChI=1S/C14H22N2O2/c1-5-12(14(2,18)16(3)4)13(17)10-6-8-11(15)9-7-10/h6-9,12,18H,5,15H2,1-4H3. The Morgan fingerprint density at radius 1 is 1.39 bits per heavy atom. The third-order valence-electron chi connectivity index (χ3n) is 3.49. The van der Waals surface area contributed by atoms with Crippen molar-refractivity contribution in [1.82, 2.24) is 4.90 Å². The van der Waals surface area contributed by atoms with Gasteiger partial charge in [-0.15, -0.1) is 0 Å². The largest absolute Gasteiger partial charge is 0.399 e. The van der Waals surface area contributed by atoms with Gasteiger partial charge in [-0.25, -0.2) is 0 Å². The number of aliphatic hydroxyl groups is 1. The quantitative estimate of drug-likeness (QED) is 0.474. The molecule has 0 amide bonds. The highest BCUT2D eigenvalue weighted by molar-refractivity contribution is 5.98. The van der Waals surface area contributed by atoms with Crippen LogP contribution >= 0.6 is 0 Å². The summed E-state index contributed by atoms with van der Waals surface area (Å²) in [6.45, 7) is 3.56. The van der Waals surface area contributed by atoms with Gasteiger partial charge in [-0.2, -0.15) is 0 Å². The number of benzene rings is 1. The van der Waals surface area contributed by atoms with Gasteiger partial charge in [0.1, 0.15) is 5.72 Å². The molecule has 3 N–H and O–H groups in total. The second-order valence-electron chi connectivity index (χ2n) is 4.94. The van der Waals surface area contributed by atoms with E-state index in [1.54, 1.807) is 50.2 Å². The summed E-state index contributed by atoms with van der Waals surface area (Å²) >= 11 is 0. The molecule has 0 aliphatic rings. The molecule has 0 saturated heterocycles. The molecule has 4 nitrogen and oxygen atoms in total. The number of nitrogens with two attached hydrogens (primary N) is 1. The van der Waals surface area contributed by atoms with Crippen LogP contribution in [0.15, 0.2) is 24.3 Å². The number of anilines is 1. The third kappa shape index (κ3) is 2.89. The molecule has 0 bridgehead atoms. The van der Waals surface area contributed by atoms with Crippen molar-refractivity contribution >= 4 is 11.5 Å². The SMILES string of the molecule is CCC(C(=O)c1ccc(N)cc1)C(C)(O)N(C)C. The van der Waals surface area contributed by atoms with Gasteiger partial charge in [0.2, 0.25) is 0 Å². The van der Waals surface area contributed by atoms with Crippen LogP contribution in [0.5, 0.6) is 0 Å². The molecule has 0 saturated carbocycles. The molecule has 2 unspecified atom stereocenters. The van der Waals surface area contributed by atoms with Crippen LogP contribution in [0, 0.1) is 5.92 Å². The molecule has 1 aromatic rings. The fourth-order valence-corrected chi connectivity index (χ4v) is 1.98. The Balaban J connectivity index is 3.03. The van der Waals surface area contributed by atoms with Crippen molar-refractivity contribution in [3.05, 3.63) is 29.8 Å². The maximum absolute atomic E-state index is 12.4. The molecule has 4 heteroatoms. The van der Waals surface area contributed by atoms with Crippen LogP contribution < -0.4 is 5.73 Å². The highest BCUT2D eigenvalue weighted by Crippen LogP contribution is 2.26. The number of nitrogens with zero attached hydrogens (tertiary/aromatic N) is 1. The Morgan fingerprint density at radius 2 is 1.89 bits per heavy atom.